The van der Waals surface area contributed by atoms with Gasteiger partial charge in [-0.25, -0.2) is 4.98 Å². The molecule has 0 aliphatic carbocycles. The quantitative estimate of drug-likeness (QED) is 0.910. The summed E-state index contributed by atoms with van der Waals surface area (Å²) in [5, 5.41) is 3.35. The predicted molar refractivity (Wildman–Crippen MR) is 66.4 cm³/mol. The smallest absolute Gasteiger partial charge is 0.258 e. The van der Waals surface area contributed by atoms with Crippen molar-refractivity contribution in [2.24, 2.45) is 0 Å². The number of hydrogen-bond donors (Lipinski definition) is 1. The first-order valence-corrected chi connectivity index (χ1v) is 5.45. The average molecular weight is 268 g/mol. The van der Waals surface area contributed by atoms with Crippen LogP contribution >= 0.6 is 23.2 Å². The normalized spacial score (nSPS) is 10.0. The summed E-state index contributed by atoms with van der Waals surface area (Å²) in [6.07, 6.45) is 4.45. The van der Waals surface area contributed by atoms with Gasteiger partial charge in [0.2, 0.25) is 0 Å². The van der Waals surface area contributed by atoms with Gasteiger partial charge in [-0.05, 0) is 18.2 Å². The van der Waals surface area contributed by atoms with Crippen LogP contribution in [0.25, 0.3) is 0 Å². The van der Waals surface area contributed by atoms with Crippen LogP contribution in [0.4, 0.5) is 5.82 Å². The van der Waals surface area contributed by atoms with Gasteiger partial charge in [0.1, 0.15) is 0 Å². The SMILES string of the molecule is O=C(Nc1cnccn1)c1ccc(Cl)cc1Cl. The van der Waals surface area contributed by atoms with Crippen molar-refractivity contribution in [3.8, 4) is 0 Å². The molecule has 0 spiro atoms. The summed E-state index contributed by atoms with van der Waals surface area (Å²) in [7, 11) is 0. The third kappa shape index (κ3) is 2.93. The largest absolute Gasteiger partial charge is 0.305 e. The Hall–Kier alpha value is -1.65. The Morgan fingerprint density at radius 2 is 2.06 bits per heavy atom. The molecule has 0 aliphatic rings. The molecule has 0 saturated heterocycles. The molecule has 4 nitrogen and oxygen atoms in total. The maximum absolute atomic E-state index is 11.8. The second-order valence-corrected chi connectivity index (χ2v) is 4.01. The van der Waals surface area contributed by atoms with Crippen LogP contribution in [-0.2, 0) is 0 Å². The molecule has 1 N–H and O–H groups in total. The van der Waals surface area contributed by atoms with E-state index in [-0.39, 0.29) is 5.91 Å². The minimum absolute atomic E-state index is 0.291. The van der Waals surface area contributed by atoms with Crippen molar-refractivity contribution in [3.63, 3.8) is 0 Å². The summed E-state index contributed by atoms with van der Waals surface area (Å²) >= 11 is 11.7. The van der Waals surface area contributed by atoms with E-state index in [0.717, 1.165) is 0 Å². The molecule has 0 unspecified atom stereocenters. The zero-order valence-electron chi connectivity index (χ0n) is 8.52. The summed E-state index contributed by atoms with van der Waals surface area (Å²) < 4.78 is 0. The number of benzene rings is 1. The molecule has 2 rings (SSSR count). The number of amides is 1. The van der Waals surface area contributed by atoms with Crippen LogP contribution in [0.2, 0.25) is 10.0 Å². The first kappa shape index (κ1) is 11.8. The zero-order valence-corrected chi connectivity index (χ0v) is 10.0. The summed E-state index contributed by atoms with van der Waals surface area (Å²) in [5.74, 6) is 0.00989. The summed E-state index contributed by atoms with van der Waals surface area (Å²) in [6.45, 7) is 0. The monoisotopic (exact) mass is 267 g/mol. The van der Waals surface area contributed by atoms with Gasteiger partial charge in [0.25, 0.3) is 5.91 Å². The first-order chi connectivity index (χ1) is 8.16. The van der Waals surface area contributed by atoms with Crippen molar-refractivity contribution in [2.45, 2.75) is 0 Å². The fourth-order valence-corrected chi connectivity index (χ4v) is 1.72. The molecule has 0 radical (unpaired) electrons. The van der Waals surface area contributed by atoms with E-state index in [9.17, 15) is 4.79 Å². The van der Waals surface area contributed by atoms with Crippen LogP contribution in [-0.4, -0.2) is 15.9 Å². The number of rotatable bonds is 2. The van der Waals surface area contributed by atoms with Crippen LogP contribution in [0.3, 0.4) is 0 Å². The number of nitrogens with one attached hydrogen (secondary N) is 1. The fraction of sp³-hybridized carbons (Fsp3) is 0. The number of carbonyl (C=O) groups excluding carboxylic acids is 1. The van der Waals surface area contributed by atoms with Gasteiger partial charge in [0.15, 0.2) is 5.82 Å². The first-order valence-electron chi connectivity index (χ1n) is 4.69. The molecule has 1 heterocycles. The number of hydrogen-bond acceptors (Lipinski definition) is 3. The maximum atomic E-state index is 11.8. The molecule has 0 saturated carbocycles. The molecule has 0 fully saturated rings. The lowest BCUT2D eigenvalue weighted by atomic mass is 10.2. The topological polar surface area (TPSA) is 54.9 Å². The lowest BCUT2D eigenvalue weighted by Gasteiger charge is -2.05. The van der Waals surface area contributed by atoms with E-state index in [2.05, 4.69) is 15.3 Å². The molecule has 17 heavy (non-hydrogen) atoms. The Kier molecular flexibility index (Phi) is 3.56. The predicted octanol–water partition coefficient (Wildman–Crippen LogP) is 3.04. The van der Waals surface area contributed by atoms with E-state index in [1.807, 2.05) is 0 Å². The van der Waals surface area contributed by atoms with Gasteiger partial charge in [0, 0.05) is 17.4 Å². The van der Waals surface area contributed by atoms with E-state index in [1.165, 1.54) is 24.7 Å². The highest BCUT2D eigenvalue weighted by Crippen LogP contribution is 2.21. The fourth-order valence-electron chi connectivity index (χ4n) is 1.22. The molecule has 1 amide bonds. The van der Waals surface area contributed by atoms with Crippen molar-refractivity contribution < 1.29 is 4.79 Å². The van der Waals surface area contributed by atoms with Crippen LogP contribution in [0, 0.1) is 0 Å². The molecule has 1 aromatic heterocycles. The third-order valence-electron chi connectivity index (χ3n) is 1.98. The Bertz CT molecular complexity index is 546. The Morgan fingerprint density at radius 3 is 2.71 bits per heavy atom. The maximum Gasteiger partial charge on any atom is 0.258 e. The van der Waals surface area contributed by atoms with Gasteiger partial charge in [-0.3, -0.25) is 9.78 Å². The minimum Gasteiger partial charge on any atom is -0.305 e. The van der Waals surface area contributed by atoms with Crippen molar-refractivity contribution in [1.82, 2.24) is 9.97 Å². The highest BCUT2D eigenvalue weighted by atomic mass is 35.5. The molecular weight excluding hydrogens is 261 g/mol. The molecule has 0 atom stereocenters. The molecule has 86 valence electrons. The van der Waals surface area contributed by atoms with E-state index in [0.29, 0.717) is 21.4 Å². The molecule has 0 bridgehead atoms. The standard InChI is InChI=1S/C11H7Cl2N3O/c12-7-1-2-8(9(13)5-7)11(17)16-10-6-14-3-4-15-10/h1-6H,(H,15,16,17). The Balaban J connectivity index is 2.21. The lowest BCUT2D eigenvalue weighted by molar-refractivity contribution is 0.102. The van der Waals surface area contributed by atoms with Crippen LogP contribution in [0.1, 0.15) is 10.4 Å². The van der Waals surface area contributed by atoms with Crippen LogP contribution in [0.15, 0.2) is 36.8 Å². The molecular formula is C11H7Cl2N3O. The lowest BCUT2D eigenvalue weighted by Crippen LogP contribution is -2.13. The third-order valence-corrected chi connectivity index (χ3v) is 2.53. The number of nitrogens with zero attached hydrogens (tertiary/aromatic N) is 2. The van der Waals surface area contributed by atoms with Crippen molar-refractivity contribution in [1.29, 1.82) is 0 Å². The Labute approximate surface area is 108 Å². The second-order valence-electron chi connectivity index (χ2n) is 3.17. The van der Waals surface area contributed by atoms with Gasteiger partial charge in [0.05, 0.1) is 16.8 Å². The second kappa shape index (κ2) is 5.12. The molecule has 0 aliphatic heterocycles. The zero-order chi connectivity index (χ0) is 12.3. The van der Waals surface area contributed by atoms with Gasteiger partial charge >= 0.3 is 0 Å². The minimum atomic E-state index is -0.354. The summed E-state index contributed by atoms with van der Waals surface area (Å²) in [4.78, 5) is 19.6. The van der Waals surface area contributed by atoms with E-state index < -0.39 is 0 Å². The molecule has 2 aromatic rings. The van der Waals surface area contributed by atoms with Crippen LogP contribution in [0.5, 0.6) is 0 Å². The summed E-state index contributed by atoms with van der Waals surface area (Å²) in [5.41, 5.74) is 0.335. The van der Waals surface area contributed by atoms with Gasteiger partial charge in [-0.2, -0.15) is 0 Å². The van der Waals surface area contributed by atoms with Crippen LogP contribution < -0.4 is 5.32 Å². The van der Waals surface area contributed by atoms with Crippen molar-refractivity contribution in [2.75, 3.05) is 5.32 Å². The van der Waals surface area contributed by atoms with Gasteiger partial charge in [-0.1, -0.05) is 23.2 Å². The Morgan fingerprint density at radius 1 is 1.24 bits per heavy atom. The number of aromatic nitrogens is 2. The van der Waals surface area contributed by atoms with Crippen molar-refractivity contribution in [3.05, 3.63) is 52.4 Å². The van der Waals surface area contributed by atoms with E-state index in [1.54, 1.807) is 12.1 Å². The van der Waals surface area contributed by atoms with E-state index in [4.69, 9.17) is 23.2 Å². The number of anilines is 1. The highest BCUT2D eigenvalue weighted by molar-refractivity contribution is 6.37. The average Bonchev–Trinajstić information content (AvgIpc) is 2.30. The molecule has 1 aromatic carbocycles. The van der Waals surface area contributed by atoms with Gasteiger partial charge < -0.3 is 5.32 Å². The number of carbonyl (C=O) groups is 1. The summed E-state index contributed by atoms with van der Waals surface area (Å²) in [6, 6.07) is 4.66. The number of halogens is 2. The van der Waals surface area contributed by atoms with Crippen molar-refractivity contribution >= 4 is 34.9 Å². The van der Waals surface area contributed by atoms with Gasteiger partial charge in [-0.15, -0.1) is 0 Å². The molecule has 6 heteroatoms. The highest BCUT2D eigenvalue weighted by Gasteiger charge is 2.11. The van der Waals surface area contributed by atoms with E-state index >= 15 is 0 Å².